The summed E-state index contributed by atoms with van der Waals surface area (Å²) in [5.41, 5.74) is 5.58. The Balaban J connectivity index is 2.93. The summed E-state index contributed by atoms with van der Waals surface area (Å²) in [6.45, 7) is 0. The van der Waals surface area contributed by atoms with Crippen LogP contribution in [0.2, 0.25) is 0 Å². The third kappa shape index (κ3) is 0.930. The zero-order valence-corrected chi connectivity index (χ0v) is 6.03. The summed E-state index contributed by atoms with van der Waals surface area (Å²) < 4.78 is 0.343. The van der Waals surface area contributed by atoms with Crippen LogP contribution < -0.4 is 5.73 Å². The lowest BCUT2D eigenvalue weighted by Crippen LogP contribution is -2.40. The topological polar surface area (TPSA) is 55.4 Å². The molecule has 0 saturated heterocycles. The molecular formula is C6H10N3O+. The summed E-state index contributed by atoms with van der Waals surface area (Å²) in [6, 6.07) is 0. The second-order valence-electron chi connectivity index (χ2n) is 2.68. The van der Waals surface area contributed by atoms with Gasteiger partial charge in [-0.1, -0.05) is 0 Å². The van der Waals surface area contributed by atoms with Crippen LogP contribution in [0.25, 0.3) is 0 Å². The van der Waals surface area contributed by atoms with Crippen LogP contribution in [0.4, 0.5) is 0 Å². The van der Waals surface area contributed by atoms with Crippen molar-refractivity contribution in [2.24, 2.45) is 10.7 Å². The van der Waals surface area contributed by atoms with Crippen LogP contribution in [-0.4, -0.2) is 30.8 Å². The number of nitrogens with two attached hydrogens (primary N) is 1. The molecule has 4 nitrogen and oxygen atoms in total. The smallest absolute Gasteiger partial charge is 0.304 e. The minimum atomic E-state index is -0.414. The normalized spacial score (nSPS) is 20.8. The van der Waals surface area contributed by atoms with E-state index in [2.05, 4.69) is 4.99 Å². The summed E-state index contributed by atoms with van der Waals surface area (Å²) in [6.07, 6.45) is 3.14. The standard InChI is InChI=1S/C6H9N3O/c1-9(2)4-8-3-5(9)6(7)10/h3-4H,1-2H3,(H-,7,10)/p+1. The molecule has 54 valence electrons. The van der Waals surface area contributed by atoms with Gasteiger partial charge in [-0.2, -0.15) is 0 Å². The van der Waals surface area contributed by atoms with Gasteiger partial charge in [-0.05, 0) is 0 Å². The van der Waals surface area contributed by atoms with Gasteiger partial charge in [-0.15, -0.1) is 0 Å². The van der Waals surface area contributed by atoms with E-state index < -0.39 is 5.91 Å². The van der Waals surface area contributed by atoms with E-state index in [1.807, 2.05) is 14.1 Å². The van der Waals surface area contributed by atoms with Crippen molar-refractivity contribution in [1.82, 2.24) is 0 Å². The number of hydrogen-bond acceptors (Lipinski definition) is 2. The first-order valence-corrected chi connectivity index (χ1v) is 2.92. The number of amides is 1. The van der Waals surface area contributed by atoms with Crippen molar-refractivity contribution < 1.29 is 9.28 Å². The first-order valence-electron chi connectivity index (χ1n) is 2.92. The average Bonchev–Trinajstić information content (AvgIpc) is 2.08. The van der Waals surface area contributed by atoms with Gasteiger partial charge in [0.15, 0.2) is 6.34 Å². The van der Waals surface area contributed by atoms with E-state index >= 15 is 0 Å². The molecular weight excluding hydrogens is 130 g/mol. The Hall–Kier alpha value is -1.16. The number of carbonyl (C=O) groups excluding carboxylic acids is 1. The van der Waals surface area contributed by atoms with E-state index in [0.29, 0.717) is 10.2 Å². The van der Waals surface area contributed by atoms with Crippen LogP contribution in [-0.2, 0) is 4.79 Å². The Morgan fingerprint density at radius 2 is 2.30 bits per heavy atom. The minimum Gasteiger partial charge on any atom is -0.361 e. The molecule has 2 N–H and O–H groups in total. The molecule has 4 heteroatoms. The molecule has 10 heavy (non-hydrogen) atoms. The van der Waals surface area contributed by atoms with E-state index in [9.17, 15) is 4.79 Å². The molecule has 0 aromatic carbocycles. The highest BCUT2D eigenvalue weighted by molar-refractivity contribution is 5.91. The number of primary amides is 1. The average molecular weight is 140 g/mol. The van der Waals surface area contributed by atoms with E-state index in [1.165, 1.54) is 6.20 Å². The third-order valence-electron chi connectivity index (χ3n) is 1.43. The molecule has 0 saturated carbocycles. The van der Waals surface area contributed by atoms with Crippen molar-refractivity contribution in [2.45, 2.75) is 0 Å². The number of rotatable bonds is 1. The fourth-order valence-corrected chi connectivity index (χ4v) is 0.829. The molecule has 0 radical (unpaired) electrons. The third-order valence-corrected chi connectivity index (χ3v) is 1.43. The molecule has 0 aromatic rings. The van der Waals surface area contributed by atoms with E-state index in [0.717, 1.165) is 0 Å². The van der Waals surface area contributed by atoms with Gasteiger partial charge in [0.25, 0.3) is 0 Å². The summed E-state index contributed by atoms with van der Waals surface area (Å²) in [5.74, 6) is -0.414. The number of likely N-dealkylation sites (N-methyl/N-ethyl adjacent to an activating group) is 1. The molecule has 0 bridgehead atoms. The Morgan fingerprint density at radius 1 is 1.70 bits per heavy atom. The molecule has 0 fully saturated rings. The molecule has 1 aliphatic rings. The molecule has 1 heterocycles. The maximum Gasteiger partial charge on any atom is 0.304 e. The predicted molar refractivity (Wildman–Crippen MR) is 37.9 cm³/mol. The fourth-order valence-electron chi connectivity index (χ4n) is 0.829. The zero-order valence-electron chi connectivity index (χ0n) is 6.03. The fraction of sp³-hybridized carbons (Fsp3) is 0.333. The lowest BCUT2D eigenvalue weighted by molar-refractivity contribution is -0.742. The van der Waals surface area contributed by atoms with Crippen molar-refractivity contribution in [3.05, 3.63) is 11.9 Å². The lowest BCUT2D eigenvalue weighted by Gasteiger charge is -2.18. The van der Waals surface area contributed by atoms with Gasteiger partial charge in [0.2, 0.25) is 5.70 Å². The number of quaternary nitrogens is 1. The van der Waals surface area contributed by atoms with Crippen LogP contribution in [0.1, 0.15) is 0 Å². The highest BCUT2D eigenvalue weighted by Crippen LogP contribution is 2.12. The quantitative estimate of drug-likeness (QED) is 0.487. The molecule has 0 atom stereocenters. The van der Waals surface area contributed by atoms with Gasteiger partial charge in [0.1, 0.15) is 0 Å². The SMILES string of the molecule is C[N+]1(C)C=NC=C1C(N)=O. The maximum atomic E-state index is 10.7. The van der Waals surface area contributed by atoms with Crippen LogP contribution >= 0.6 is 0 Å². The summed E-state index contributed by atoms with van der Waals surface area (Å²) >= 11 is 0. The lowest BCUT2D eigenvalue weighted by atomic mass is 10.4. The van der Waals surface area contributed by atoms with Crippen molar-refractivity contribution in [3.8, 4) is 0 Å². The van der Waals surface area contributed by atoms with Gasteiger partial charge >= 0.3 is 5.91 Å². The van der Waals surface area contributed by atoms with E-state index in [-0.39, 0.29) is 0 Å². The highest BCUT2D eigenvalue weighted by atomic mass is 16.1. The van der Waals surface area contributed by atoms with Gasteiger partial charge in [-0.25, -0.2) is 9.48 Å². The predicted octanol–water partition coefficient (Wildman–Crippen LogP) is -0.569. The Kier molecular flexibility index (Phi) is 1.33. The summed E-state index contributed by atoms with van der Waals surface area (Å²) in [4.78, 5) is 14.5. The summed E-state index contributed by atoms with van der Waals surface area (Å²) in [5, 5.41) is 0. The number of aliphatic imine (C=N–C) groups is 1. The molecule has 1 amide bonds. The van der Waals surface area contributed by atoms with Crippen LogP contribution in [0, 0.1) is 0 Å². The van der Waals surface area contributed by atoms with Crippen LogP contribution in [0.15, 0.2) is 16.9 Å². The largest absolute Gasteiger partial charge is 0.361 e. The van der Waals surface area contributed by atoms with E-state index in [1.54, 1.807) is 6.34 Å². The summed E-state index contributed by atoms with van der Waals surface area (Å²) in [7, 11) is 3.68. The van der Waals surface area contributed by atoms with Crippen molar-refractivity contribution >= 4 is 12.2 Å². The Labute approximate surface area is 59.2 Å². The molecule has 0 aliphatic carbocycles. The zero-order chi connectivity index (χ0) is 7.78. The van der Waals surface area contributed by atoms with Gasteiger partial charge in [0.05, 0.1) is 20.3 Å². The van der Waals surface area contributed by atoms with Crippen molar-refractivity contribution in [1.29, 1.82) is 0 Å². The van der Waals surface area contributed by atoms with Crippen molar-refractivity contribution in [3.63, 3.8) is 0 Å². The highest BCUT2D eigenvalue weighted by Gasteiger charge is 2.28. The Bertz CT molecular complexity index is 227. The second kappa shape index (κ2) is 1.91. The van der Waals surface area contributed by atoms with Gasteiger partial charge in [0, 0.05) is 0 Å². The first kappa shape index (κ1) is 6.95. The Morgan fingerprint density at radius 3 is 2.50 bits per heavy atom. The van der Waals surface area contributed by atoms with Gasteiger partial charge in [-0.3, -0.25) is 4.79 Å². The van der Waals surface area contributed by atoms with Crippen molar-refractivity contribution in [2.75, 3.05) is 14.1 Å². The second-order valence-corrected chi connectivity index (χ2v) is 2.68. The molecule has 0 spiro atoms. The van der Waals surface area contributed by atoms with Crippen LogP contribution in [0.5, 0.6) is 0 Å². The van der Waals surface area contributed by atoms with Gasteiger partial charge < -0.3 is 5.73 Å². The molecule has 1 rings (SSSR count). The molecule has 1 aliphatic heterocycles. The molecule has 0 unspecified atom stereocenters. The maximum absolute atomic E-state index is 10.7. The molecule has 0 aromatic heterocycles. The first-order chi connectivity index (χ1) is 4.54. The minimum absolute atomic E-state index is 0.343. The van der Waals surface area contributed by atoms with Crippen LogP contribution in [0.3, 0.4) is 0 Å². The van der Waals surface area contributed by atoms with E-state index in [4.69, 9.17) is 5.73 Å². The number of nitrogens with zero attached hydrogens (tertiary/aromatic N) is 2. The monoisotopic (exact) mass is 140 g/mol. The number of hydrogen-bond donors (Lipinski definition) is 1. The number of carbonyl (C=O) groups is 1.